The second kappa shape index (κ2) is 10.5. The van der Waals surface area contributed by atoms with Crippen LogP contribution in [0.1, 0.15) is 90.2 Å². The summed E-state index contributed by atoms with van der Waals surface area (Å²) >= 11 is 3.12. The predicted octanol–water partition coefficient (Wildman–Crippen LogP) is 10.1. The van der Waals surface area contributed by atoms with Gasteiger partial charge in [-0.2, -0.15) is 0 Å². The lowest BCUT2D eigenvalue weighted by atomic mass is 9.78. The molecule has 1 unspecified atom stereocenters. The summed E-state index contributed by atoms with van der Waals surface area (Å²) in [6.07, 6.45) is 7.59. The number of carbonyl (C=O) groups excluding carboxylic acids is 3. The van der Waals surface area contributed by atoms with Crippen molar-refractivity contribution >= 4 is 73.7 Å². The first kappa shape index (κ1) is 29.0. The van der Waals surface area contributed by atoms with Gasteiger partial charge in [0.2, 0.25) is 0 Å². The number of fused-ring (bicyclic) bond motifs is 8. The molecule has 10 rings (SSSR count). The average Bonchev–Trinajstić information content (AvgIpc) is 3.85. The maximum absolute atomic E-state index is 13.6. The number of aliphatic hydroxyl groups excluding tert-OH is 1. The molecule has 3 aliphatic carbocycles. The van der Waals surface area contributed by atoms with E-state index in [2.05, 4.69) is 6.07 Å². The molecule has 49 heavy (non-hydrogen) atoms. The fourth-order valence-electron chi connectivity index (χ4n) is 8.15. The number of carbonyl (C=O) groups is 3. The summed E-state index contributed by atoms with van der Waals surface area (Å²) in [4.78, 5) is 44.5. The van der Waals surface area contributed by atoms with Crippen molar-refractivity contribution in [2.75, 3.05) is 0 Å². The van der Waals surface area contributed by atoms with Gasteiger partial charge < -0.3 is 9.84 Å². The number of allylic oxidation sites excluding steroid dienone is 1. The molecule has 0 radical (unpaired) electrons. The van der Waals surface area contributed by atoms with Crippen molar-refractivity contribution in [3.8, 4) is 15.5 Å². The Labute approximate surface area is 289 Å². The second-order valence-corrected chi connectivity index (χ2v) is 15.6. The third kappa shape index (κ3) is 4.29. The van der Waals surface area contributed by atoms with E-state index in [1.165, 1.54) is 11.3 Å². The Morgan fingerprint density at radius 3 is 1.88 bits per heavy atom. The van der Waals surface area contributed by atoms with E-state index < -0.39 is 11.7 Å². The van der Waals surface area contributed by atoms with Crippen molar-refractivity contribution in [2.45, 2.75) is 43.8 Å². The van der Waals surface area contributed by atoms with Crippen molar-refractivity contribution in [3.05, 3.63) is 134 Å². The number of ketones is 3. The van der Waals surface area contributed by atoms with Gasteiger partial charge in [-0.15, -0.1) is 22.7 Å². The Morgan fingerprint density at radius 1 is 0.653 bits per heavy atom. The number of hydrogen-bond acceptors (Lipinski definition) is 7. The van der Waals surface area contributed by atoms with E-state index in [-0.39, 0.29) is 22.9 Å². The lowest BCUT2D eigenvalue weighted by Crippen LogP contribution is -2.37. The van der Waals surface area contributed by atoms with E-state index in [1.807, 2.05) is 84.9 Å². The number of ether oxygens (including phenoxy) is 1. The fraction of sp³-hybridized carbons (Fsp3) is 0.167. The fourth-order valence-corrected chi connectivity index (χ4v) is 10.5. The Morgan fingerprint density at radius 2 is 1.22 bits per heavy atom. The minimum atomic E-state index is -1.00. The SMILES string of the molecule is O=C1C(=Cc2cc3c(s2)-c2sc(/C=C4/C(=O)c5cc6ccccc6cc5C4O)cc2OC32CCCCC2)C(=O)c2cc3ccccc3cc21. The van der Waals surface area contributed by atoms with Crippen molar-refractivity contribution in [1.82, 2.24) is 0 Å². The van der Waals surface area contributed by atoms with Gasteiger partial charge >= 0.3 is 0 Å². The number of rotatable bonds is 2. The van der Waals surface area contributed by atoms with Crippen molar-refractivity contribution in [3.63, 3.8) is 0 Å². The average molecular weight is 677 g/mol. The second-order valence-electron chi connectivity index (χ2n) is 13.5. The van der Waals surface area contributed by atoms with Gasteiger partial charge in [0.25, 0.3) is 0 Å². The number of benzene rings is 4. The van der Waals surface area contributed by atoms with E-state index >= 15 is 0 Å². The molecule has 238 valence electrons. The topological polar surface area (TPSA) is 80.7 Å². The van der Waals surface area contributed by atoms with E-state index in [4.69, 9.17) is 4.74 Å². The standard InChI is InChI=1S/C42H28O5S2/c43-36-28-14-22-8-2-3-9-23(22)15-29(28)37(44)32(36)18-26-20-34-40(48-26)41-35(47-42(34)12-6-1-7-13-42)21-27(49-41)19-33-38(45)30-16-24-10-4-5-11-25(24)17-31(30)39(33)46/h2-5,8-11,14-21,38,45H,1,6-7,12-13H2/b33-19+. The van der Waals surface area contributed by atoms with Crippen LogP contribution in [0.15, 0.2) is 96.1 Å². The molecular formula is C42H28O5S2. The molecule has 3 heterocycles. The monoisotopic (exact) mass is 676 g/mol. The third-order valence-corrected chi connectivity index (χ3v) is 12.9. The van der Waals surface area contributed by atoms with Crippen LogP contribution in [0.5, 0.6) is 5.75 Å². The summed E-state index contributed by atoms with van der Waals surface area (Å²) in [5, 5.41) is 15.1. The Hall–Kier alpha value is -4.95. The van der Waals surface area contributed by atoms with Crippen LogP contribution in [-0.2, 0) is 5.60 Å². The number of hydrogen-bond donors (Lipinski definition) is 1. The minimum absolute atomic E-state index is 0.158. The van der Waals surface area contributed by atoms with Crippen LogP contribution in [-0.4, -0.2) is 22.5 Å². The van der Waals surface area contributed by atoms with Crippen LogP contribution in [0.4, 0.5) is 0 Å². The number of aliphatic hydroxyl groups is 1. The van der Waals surface area contributed by atoms with Gasteiger partial charge in [0.1, 0.15) is 17.5 Å². The van der Waals surface area contributed by atoms with Crippen LogP contribution < -0.4 is 4.74 Å². The number of thiophene rings is 2. The molecule has 2 aromatic heterocycles. The van der Waals surface area contributed by atoms with Crippen molar-refractivity contribution in [2.24, 2.45) is 0 Å². The first-order valence-corrected chi connectivity index (χ1v) is 18.3. The van der Waals surface area contributed by atoms with Gasteiger partial charge in [-0.1, -0.05) is 55.0 Å². The molecule has 4 aromatic carbocycles. The lowest BCUT2D eigenvalue weighted by molar-refractivity contribution is 0.0250. The molecule has 1 atom stereocenters. The van der Waals surface area contributed by atoms with Crippen LogP contribution in [0, 0.1) is 0 Å². The lowest BCUT2D eigenvalue weighted by Gasteiger charge is -2.40. The maximum atomic E-state index is 13.6. The van der Waals surface area contributed by atoms with Gasteiger partial charge in [0.15, 0.2) is 17.3 Å². The molecular weight excluding hydrogens is 649 g/mol. The van der Waals surface area contributed by atoms with Gasteiger partial charge in [0, 0.05) is 37.6 Å². The maximum Gasteiger partial charge on any atom is 0.197 e. The van der Waals surface area contributed by atoms with E-state index in [9.17, 15) is 19.5 Å². The zero-order valence-electron chi connectivity index (χ0n) is 26.2. The zero-order valence-corrected chi connectivity index (χ0v) is 27.9. The summed E-state index contributed by atoms with van der Waals surface area (Å²) in [5.41, 5.74) is 3.27. The summed E-state index contributed by atoms with van der Waals surface area (Å²) < 4.78 is 6.91. The minimum Gasteiger partial charge on any atom is -0.481 e. The van der Waals surface area contributed by atoms with Crippen molar-refractivity contribution < 1.29 is 24.2 Å². The molecule has 4 aliphatic rings. The van der Waals surface area contributed by atoms with Crippen LogP contribution in [0.25, 0.3) is 43.5 Å². The summed E-state index contributed by atoms with van der Waals surface area (Å²) in [6, 6.07) is 27.2. The van der Waals surface area contributed by atoms with E-state index in [0.717, 1.165) is 84.5 Å². The highest BCUT2D eigenvalue weighted by atomic mass is 32.1. The van der Waals surface area contributed by atoms with Gasteiger partial charge in [0.05, 0.1) is 15.3 Å². The summed E-state index contributed by atoms with van der Waals surface area (Å²) in [6.45, 7) is 0. The Balaban J connectivity index is 1.05. The molecule has 1 N–H and O–H groups in total. The number of Topliss-reactive ketones (excluding diaryl/α,β-unsaturated/α-hetero) is 3. The molecule has 0 saturated heterocycles. The Bertz CT molecular complexity index is 2480. The molecule has 1 saturated carbocycles. The van der Waals surface area contributed by atoms with E-state index in [1.54, 1.807) is 17.4 Å². The smallest absolute Gasteiger partial charge is 0.197 e. The molecule has 5 nitrogen and oxygen atoms in total. The highest BCUT2D eigenvalue weighted by molar-refractivity contribution is 7.23. The molecule has 7 heteroatoms. The first-order valence-electron chi connectivity index (χ1n) is 16.7. The Kier molecular flexibility index (Phi) is 6.23. The molecule has 6 aromatic rings. The van der Waals surface area contributed by atoms with Crippen LogP contribution >= 0.6 is 22.7 Å². The van der Waals surface area contributed by atoms with Crippen LogP contribution in [0.3, 0.4) is 0 Å². The van der Waals surface area contributed by atoms with Crippen LogP contribution in [0.2, 0.25) is 0 Å². The highest BCUT2D eigenvalue weighted by Crippen LogP contribution is 2.57. The largest absolute Gasteiger partial charge is 0.481 e. The molecule has 1 spiro atoms. The van der Waals surface area contributed by atoms with Gasteiger partial charge in [-0.25, -0.2) is 0 Å². The van der Waals surface area contributed by atoms with Crippen molar-refractivity contribution in [1.29, 1.82) is 0 Å². The normalized spacial score (nSPS) is 19.8. The molecule has 1 fully saturated rings. The molecule has 1 aliphatic heterocycles. The van der Waals surface area contributed by atoms with E-state index in [0.29, 0.717) is 27.8 Å². The molecule has 0 bridgehead atoms. The first-order chi connectivity index (χ1) is 23.9. The van der Waals surface area contributed by atoms with Gasteiger partial charge in [-0.3, -0.25) is 14.4 Å². The third-order valence-electron chi connectivity index (χ3n) is 10.6. The summed E-state index contributed by atoms with van der Waals surface area (Å²) in [5.74, 6) is 0.151. The zero-order chi connectivity index (χ0) is 33.0. The highest BCUT2D eigenvalue weighted by Gasteiger charge is 2.44. The predicted molar refractivity (Wildman–Crippen MR) is 195 cm³/mol. The molecule has 0 amide bonds. The quantitative estimate of drug-likeness (QED) is 0.146. The summed E-state index contributed by atoms with van der Waals surface area (Å²) in [7, 11) is 0. The van der Waals surface area contributed by atoms with Gasteiger partial charge in [-0.05, 0) is 101 Å².